The van der Waals surface area contributed by atoms with E-state index in [0.29, 0.717) is 0 Å². The summed E-state index contributed by atoms with van der Waals surface area (Å²) < 4.78 is 3.42. The molecular formula is C34H22BrN3. The molecule has 7 rings (SSSR count). The number of rotatable bonds is 4. The average molecular weight is 552 g/mol. The van der Waals surface area contributed by atoms with E-state index in [1.54, 1.807) is 0 Å². The van der Waals surface area contributed by atoms with Crippen molar-refractivity contribution in [3.8, 4) is 39.6 Å². The van der Waals surface area contributed by atoms with Crippen LogP contribution in [-0.2, 0) is 0 Å². The highest BCUT2D eigenvalue weighted by atomic mass is 79.9. The number of nitrogens with zero attached hydrogens (tertiary/aromatic N) is 3. The third-order valence-corrected chi connectivity index (χ3v) is 7.56. The van der Waals surface area contributed by atoms with Crippen LogP contribution in [0.5, 0.6) is 0 Å². The Labute approximate surface area is 229 Å². The third kappa shape index (κ3) is 3.90. The van der Waals surface area contributed by atoms with Crippen LogP contribution in [0.4, 0.5) is 0 Å². The maximum absolute atomic E-state index is 4.98. The minimum Gasteiger partial charge on any atom is -0.309 e. The van der Waals surface area contributed by atoms with E-state index in [1.807, 2.05) is 36.4 Å². The van der Waals surface area contributed by atoms with Crippen LogP contribution in [0, 0.1) is 0 Å². The monoisotopic (exact) mass is 551 g/mol. The van der Waals surface area contributed by atoms with E-state index in [1.165, 1.54) is 21.8 Å². The molecule has 0 N–H and O–H groups in total. The van der Waals surface area contributed by atoms with Crippen molar-refractivity contribution in [3.05, 3.63) is 138 Å². The zero-order valence-electron chi connectivity index (χ0n) is 20.4. The maximum Gasteiger partial charge on any atom is 0.160 e. The van der Waals surface area contributed by atoms with Gasteiger partial charge < -0.3 is 4.57 Å². The molecule has 180 valence electrons. The van der Waals surface area contributed by atoms with Gasteiger partial charge in [-0.1, -0.05) is 113 Å². The smallest absolute Gasteiger partial charge is 0.160 e. The molecule has 0 bridgehead atoms. The number of fused-ring (bicyclic) bond motifs is 3. The van der Waals surface area contributed by atoms with Gasteiger partial charge in [0.2, 0.25) is 0 Å². The molecule has 2 aromatic heterocycles. The largest absolute Gasteiger partial charge is 0.309 e. The number of aromatic nitrogens is 3. The van der Waals surface area contributed by atoms with E-state index >= 15 is 0 Å². The molecule has 0 amide bonds. The minimum atomic E-state index is 0.721. The first kappa shape index (κ1) is 22.6. The van der Waals surface area contributed by atoms with Gasteiger partial charge in [0.15, 0.2) is 5.82 Å². The first-order valence-electron chi connectivity index (χ1n) is 12.5. The molecule has 4 heteroatoms. The van der Waals surface area contributed by atoms with E-state index in [2.05, 4.69) is 118 Å². The molecule has 0 fully saturated rings. The van der Waals surface area contributed by atoms with Crippen LogP contribution in [0.15, 0.2) is 138 Å². The zero-order valence-corrected chi connectivity index (χ0v) is 22.0. The van der Waals surface area contributed by atoms with Gasteiger partial charge in [0, 0.05) is 37.6 Å². The lowest BCUT2D eigenvalue weighted by atomic mass is 10.1. The summed E-state index contributed by atoms with van der Waals surface area (Å²) >= 11 is 3.77. The van der Waals surface area contributed by atoms with E-state index < -0.39 is 0 Å². The molecule has 0 spiro atoms. The van der Waals surface area contributed by atoms with Gasteiger partial charge in [-0.25, -0.2) is 9.97 Å². The maximum atomic E-state index is 4.98. The average Bonchev–Trinajstić information content (AvgIpc) is 3.33. The SMILES string of the molecule is Brc1cccc2c1c1ccccc1n2-c1ccc(-c2cc(-c3ccccc3)nc(-c3ccccc3)n2)cc1. The summed E-state index contributed by atoms with van der Waals surface area (Å²) in [4.78, 5) is 9.89. The molecule has 0 atom stereocenters. The van der Waals surface area contributed by atoms with Gasteiger partial charge in [-0.15, -0.1) is 0 Å². The predicted octanol–water partition coefficient (Wildman–Crippen LogP) is 9.34. The molecule has 5 aromatic carbocycles. The van der Waals surface area contributed by atoms with E-state index in [4.69, 9.17) is 9.97 Å². The van der Waals surface area contributed by atoms with Crippen LogP contribution in [0.1, 0.15) is 0 Å². The standard InChI is InChI=1S/C34H22BrN3/c35-28-15-9-17-32-33(28)27-14-7-8-16-31(27)38(32)26-20-18-24(19-21-26)30-22-29(23-10-3-1-4-11-23)36-34(37-30)25-12-5-2-6-13-25/h1-22H. The van der Waals surface area contributed by atoms with Crippen LogP contribution >= 0.6 is 15.9 Å². The van der Waals surface area contributed by atoms with Crippen LogP contribution in [-0.4, -0.2) is 14.5 Å². The molecule has 3 nitrogen and oxygen atoms in total. The fraction of sp³-hybridized carbons (Fsp3) is 0. The first-order valence-corrected chi connectivity index (χ1v) is 13.3. The lowest BCUT2D eigenvalue weighted by Crippen LogP contribution is -1.97. The van der Waals surface area contributed by atoms with Crippen molar-refractivity contribution >= 4 is 37.7 Å². The highest BCUT2D eigenvalue weighted by molar-refractivity contribution is 9.10. The van der Waals surface area contributed by atoms with Gasteiger partial charge in [-0.05, 0) is 36.4 Å². The number of hydrogen-bond acceptors (Lipinski definition) is 2. The summed E-state index contributed by atoms with van der Waals surface area (Å²) in [5.74, 6) is 0.721. The summed E-state index contributed by atoms with van der Waals surface area (Å²) in [7, 11) is 0. The summed E-state index contributed by atoms with van der Waals surface area (Å²) in [5, 5.41) is 2.46. The lowest BCUT2D eigenvalue weighted by Gasteiger charge is -2.11. The van der Waals surface area contributed by atoms with E-state index in [-0.39, 0.29) is 0 Å². The summed E-state index contributed by atoms with van der Waals surface area (Å²) in [6.45, 7) is 0. The Hall–Kier alpha value is -4.54. The lowest BCUT2D eigenvalue weighted by molar-refractivity contribution is 1.17. The first-order chi connectivity index (χ1) is 18.8. The Balaban J connectivity index is 1.37. The van der Waals surface area contributed by atoms with Crippen LogP contribution < -0.4 is 0 Å². The fourth-order valence-corrected chi connectivity index (χ4v) is 5.67. The molecule has 38 heavy (non-hydrogen) atoms. The normalized spacial score (nSPS) is 11.3. The van der Waals surface area contributed by atoms with E-state index in [9.17, 15) is 0 Å². The Kier molecular flexibility index (Phi) is 5.60. The summed E-state index contributed by atoms with van der Waals surface area (Å²) in [6.07, 6.45) is 0. The molecule has 0 radical (unpaired) electrons. The molecule has 0 unspecified atom stereocenters. The molecule has 0 aliphatic carbocycles. The molecule has 0 aliphatic heterocycles. The molecule has 0 aliphatic rings. The van der Waals surface area contributed by atoms with Crippen molar-refractivity contribution in [2.75, 3.05) is 0 Å². The molecule has 7 aromatic rings. The number of para-hydroxylation sites is 1. The van der Waals surface area contributed by atoms with Crippen molar-refractivity contribution in [1.29, 1.82) is 0 Å². The number of hydrogen-bond donors (Lipinski definition) is 0. The fourth-order valence-electron chi connectivity index (χ4n) is 5.10. The topological polar surface area (TPSA) is 30.7 Å². The van der Waals surface area contributed by atoms with Crippen molar-refractivity contribution in [2.45, 2.75) is 0 Å². The predicted molar refractivity (Wildman–Crippen MR) is 160 cm³/mol. The highest BCUT2D eigenvalue weighted by Crippen LogP contribution is 2.37. The second-order valence-corrected chi connectivity index (χ2v) is 10.1. The quantitative estimate of drug-likeness (QED) is 0.218. The van der Waals surface area contributed by atoms with Gasteiger partial charge in [-0.3, -0.25) is 0 Å². The molecular weight excluding hydrogens is 530 g/mol. The summed E-state index contributed by atoms with van der Waals surface area (Å²) in [5.41, 5.74) is 8.39. The van der Waals surface area contributed by atoms with Crippen molar-refractivity contribution in [3.63, 3.8) is 0 Å². The molecule has 0 saturated carbocycles. The van der Waals surface area contributed by atoms with Crippen LogP contribution in [0.2, 0.25) is 0 Å². The van der Waals surface area contributed by atoms with Crippen molar-refractivity contribution in [2.24, 2.45) is 0 Å². The Bertz CT molecular complexity index is 1850. The van der Waals surface area contributed by atoms with Crippen molar-refractivity contribution in [1.82, 2.24) is 14.5 Å². The second-order valence-electron chi connectivity index (χ2n) is 9.23. The van der Waals surface area contributed by atoms with Gasteiger partial charge in [-0.2, -0.15) is 0 Å². The minimum absolute atomic E-state index is 0.721. The summed E-state index contributed by atoms with van der Waals surface area (Å²) in [6, 6.07) is 46.1. The Morgan fingerprint density at radius 1 is 0.500 bits per heavy atom. The van der Waals surface area contributed by atoms with Crippen LogP contribution in [0.3, 0.4) is 0 Å². The Morgan fingerprint density at radius 3 is 1.79 bits per heavy atom. The molecule has 2 heterocycles. The van der Waals surface area contributed by atoms with Gasteiger partial charge in [0.25, 0.3) is 0 Å². The van der Waals surface area contributed by atoms with Crippen LogP contribution in [0.25, 0.3) is 61.4 Å². The van der Waals surface area contributed by atoms with Gasteiger partial charge in [0.05, 0.1) is 22.4 Å². The van der Waals surface area contributed by atoms with Gasteiger partial charge in [0.1, 0.15) is 0 Å². The Morgan fingerprint density at radius 2 is 1.08 bits per heavy atom. The van der Waals surface area contributed by atoms with Gasteiger partial charge >= 0.3 is 0 Å². The third-order valence-electron chi connectivity index (χ3n) is 6.90. The zero-order chi connectivity index (χ0) is 25.5. The molecule has 0 saturated heterocycles. The number of benzene rings is 5. The number of halogens is 1. The van der Waals surface area contributed by atoms with E-state index in [0.717, 1.165) is 44.1 Å². The second kappa shape index (κ2) is 9.40. The van der Waals surface area contributed by atoms with Crippen molar-refractivity contribution < 1.29 is 0 Å². The highest BCUT2D eigenvalue weighted by Gasteiger charge is 2.15.